The number of benzene rings is 1. The molecule has 1 aromatic rings. The van der Waals surface area contributed by atoms with E-state index in [1.165, 1.54) is 5.56 Å². The lowest BCUT2D eigenvalue weighted by molar-refractivity contribution is -0.0728. The third-order valence-corrected chi connectivity index (χ3v) is 4.91. The second-order valence-corrected chi connectivity index (χ2v) is 6.41. The quantitative estimate of drug-likeness (QED) is 0.877. The third kappa shape index (κ3) is 2.26. The Balaban J connectivity index is 1.63. The van der Waals surface area contributed by atoms with Crippen molar-refractivity contribution in [2.45, 2.75) is 44.8 Å². The molecule has 0 bridgehead atoms. The first-order chi connectivity index (χ1) is 9.09. The maximum absolute atomic E-state index is 9.78. The van der Waals surface area contributed by atoms with Crippen molar-refractivity contribution in [2.24, 2.45) is 5.41 Å². The zero-order valence-corrected chi connectivity index (χ0v) is 11.7. The molecule has 19 heavy (non-hydrogen) atoms. The molecule has 0 amide bonds. The van der Waals surface area contributed by atoms with E-state index in [2.05, 4.69) is 37.4 Å². The normalized spacial score (nSPS) is 32.1. The van der Waals surface area contributed by atoms with Gasteiger partial charge in [-0.2, -0.15) is 0 Å². The first-order valence-corrected chi connectivity index (χ1v) is 7.22. The number of rotatable bonds is 3. The molecule has 2 N–H and O–H groups in total. The highest BCUT2D eigenvalue weighted by Crippen LogP contribution is 2.41. The van der Waals surface area contributed by atoms with E-state index in [9.17, 15) is 5.11 Å². The Kier molecular flexibility index (Phi) is 3.27. The Labute approximate surface area is 115 Å². The van der Waals surface area contributed by atoms with Crippen LogP contribution in [0.25, 0.3) is 0 Å². The minimum atomic E-state index is -0.160. The van der Waals surface area contributed by atoms with Crippen LogP contribution in [0.3, 0.4) is 0 Å². The SMILES string of the molecule is CC1(C)C(O)CC1NCC1CCOc2ccccc21. The van der Waals surface area contributed by atoms with Crippen molar-refractivity contribution < 1.29 is 9.84 Å². The summed E-state index contributed by atoms with van der Waals surface area (Å²) in [5.41, 5.74) is 1.32. The molecule has 0 aromatic heterocycles. The molecule has 1 aliphatic heterocycles. The molecular weight excluding hydrogens is 238 g/mol. The van der Waals surface area contributed by atoms with Gasteiger partial charge >= 0.3 is 0 Å². The van der Waals surface area contributed by atoms with Crippen LogP contribution in [0.5, 0.6) is 5.75 Å². The molecule has 2 aliphatic rings. The van der Waals surface area contributed by atoms with Crippen LogP contribution in [0, 0.1) is 5.41 Å². The summed E-state index contributed by atoms with van der Waals surface area (Å²) in [6, 6.07) is 8.76. The average molecular weight is 261 g/mol. The summed E-state index contributed by atoms with van der Waals surface area (Å²) in [4.78, 5) is 0. The van der Waals surface area contributed by atoms with Gasteiger partial charge in [0.05, 0.1) is 12.7 Å². The largest absolute Gasteiger partial charge is 0.493 e. The van der Waals surface area contributed by atoms with Gasteiger partial charge in [-0.15, -0.1) is 0 Å². The molecule has 1 heterocycles. The predicted molar refractivity (Wildman–Crippen MR) is 75.5 cm³/mol. The zero-order valence-electron chi connectivity index (χ0n) is 11.7. The fourth-order valence-electron chi connectivity index (χ4n) is 3.16. The molecule has 0 spiro atoms. The van der Waals surface area contributed by atoms with Crippen LogP contribution in [0.1, 0.15) is 38.2 Å². The summed E-state index contributed by atoms with van der Waals surface area (Å²) in [5, 5.41) is 13.4. The summed E-state index contributed by atoms with van der Waals surface area (Å²) in [7, 11) is 0. The topological polar surface area (TPSA) is 41.5 Å². The van der Waals surface area contributed by atoms with Crippen LogP contribution in [-0.2, 0) is 0 Å². The van der Waals surface area contributed by atoms with Gasteiger partial charge in [0.2, 0.25) is 0 Å². The van der Waals surface area contributed by atoms with Gasteiger partial charge in [-0.05, 0) is 24.5 Å². The maximum Gasteiger partial charge on any atom is 0.122 e. The highest BCUT2D eigenvalue weighted by molar-refractivity contribution is 5.38. The number of aliphatic hydroxyl groups is 1. The molecule has 104 valence electrons. The maximum atomic E-state index is 9.78. The van der Waals surface area contributed by atoms with Gasteiger partial charge < -0.3 is 15.2 Å². The number of para-hydroxylation sites is 1. The summed E-state index contributed by atoms with van der Waals surface area (Å²) in [6.07, 6.45) is 1.78. The van der Waals surface area contributed by atoms with E-state index >= 15 is 0 Å². The standard InChI is InChI=1S/C16H23NO2/c1-16(2)14(9-15(16)18)17-10-11-7-8-19-13-6-4-3-5-12(11)13/h3-6,11,14-15,17-18H,7-10H2,1-2H3. The third-order valence-electron chi connectivity index (χ3n) is 4.91. The number of fused-ring (bicyclic) bond motifs is 1. The molecule has 1 saturated carbocycles. The minimum Gasteiger partial charge on any atom is -0.493 e. The number of aliphatic hydroxyl groups excluding tert-OH is 1. The van der Waals surface area contributed by atoms with Crippen LogP contribution >= 0.6 is 0 Å². The molecule has 3 atom stereocenters. The molecule has 0 saturated heterocycles. The van der Waals surface area contributed by atoms with Gasteiger partial charge in [0, 0.05) is 23.9 Å². The van der Waals surface area contributed by atoms with E-state index in [-0.39, 0.29) is 11.5 Å². The average Bonchev–Trinajstić information content (AvgIpc) is 2.43. The fourth-order valence-corrected chi connectivity index (χ4v) is 3.16. The van der Waals surface area contributed by atoms with E-state index in [4.69, 9.17) is 4.74 Å². The minimum absolute atomic E-state index is 0.00465. The second kappa shape index (κ2) is 4.80. The molecule has 3 heteroatoms. The monoisotopic (exact) mass is 261 g/mol. The number of hydrogen-bond acceptors (Lipinski definition) is 3. The molecule has 3 unspecified atom stereocenters. The lowest BCUT2D eigenvalue weighted by Gasteiger charge is -2.50. The Morgan fingerprint density at radius 1 is 1.37 bits per heavy atom. The summed E-state index contributed by atoms with van der Waals surface area (Å²) < 4.78 is 5.69. The number of nitrogens with one attached hydrogen (secondary N) is 1. The van der Waals surface area contributed by atoms with Crippen LogP contribution in [0.2, 0.25) is 0 Å². The van der Waals surface area contributed by atoms with Gasteiger partial charge in [0.1, 0.15) is 5.75 Å². The lowest BCUT2D eigenvalue weighted by Crippen LogP contribution is -2.60. The molecule has 1 aliphatic carbocycles. The first kappa shape index (κ1) is 12.9. The van der Waals surface area contributed by atoms with E-state index in [0.29, 0.717) is 12.0 Å². The first-order valence-electron chi connectivity index (χ1n) is 7.22. The van der Waals surface area contributed by atoms with E-state index in [0.717, 1.165) is 31.7 Å². The van der Waals surface area contributed by atoms with Gasteiger partial charge in [-0.3, -0.25) is 0 Å². The van der Waals surface area contributed by atoms with E-state index < -0.39 is 0 Å². The molecule has 0 radical (unpaired) electrons. The molecule has 1 aromatic carbocycles. The van der Waals surface area contributed by atoms with Crippen LogP contribution in [-0.4, -0.2) is 30.4 Å². The Hall–Kier alpha value is -1.06. The summed E-state index contributed by atoms with van der Waals surface area (Å²) in [5.74, 6) is 1.56. The van der Waals surface area contributed by atoms with Gasteiger partial charge in [0.25, 0.3) is 0 Å². The van der Waals surface area contributed by atoms with Gasteiger partial charge in [-0.25, -0.2) is 0 Å². The van der Waals surface area contributed by atoms with E-state index in [1.807, 2.05) is 6.07 Å². The number of hydrogen-bond donors (Lipinski definition) is 2. The van der Waals surface area contributed by atoms with Crippen molar-refractivity contribution in [2.75, 3.05) is 13.2 Å². The Morgan fingerprint density at radius 3 is 2.89 bits per heavy atom. The second-order valence-electron chi connectivity index (χ2n) is 6.41. The van der Waals surface area contributed by atoms with Gasteiger partial charge in [0.15, 0.2) is 0 Å². The fraction of sp³-hybridized carbons (Fsp3) is 0.625. The molecule has 3 rings (SSSR count). The van der Waals surface area contributed by atoms with Crippen molar-refractivity contribution in [3.8, 4) is 5.75 Å². The smallest absolute Gasteiger partial charge is 0.122 e. The molecular formula is C16H23NO2. The Morgan fingerprint density at radius 2 is 2.16 bits per heavy atom. The highest BCUT2D eigenvalue weighted by atomic mass is 16.5. The van der Waals surface area contributed by atoms with Crippen molar-refractivity contribution in [1.29, 1.82) is 0 Å². The predicted octanol–water partition coefficient (Wildman–Crippen LogP) is 2.30. The highest BCUT2D eigenvalue weighted by Gasteiger charge is 2.47. The zero-order chi connectivity index (χ0) is 13.5. The van der Waals surface area contributed by atoms with Crippen LogP contribution in [0.15, 0.2) is 24.3 Å². The number of ether oxygens (including phenoxy) is 1. The molecule has 1 fully saturated rings. The summed E-state index contributed by atoms with van der Waals surface area (Å²) in [6.45, 7) is 6.05. The van der Waals surface area contributed by atoms with Crippen molar-refractivity contribution in [3.63, 3.8) is 0 Å². The van der Waals surface area contributed by atoms with Crippen LogP contribution < -0.4 is 10.1 Å². The van der Waals surface area contributed by atoms with E-state index in [1.54, 1.807) is 0 Å². The molecule has 3 nitrogen and oxygen atoms in total. The lowest BCUT2D eigenvalue weighted by atomic mass is 9.64. The van der Waals surface area contributed by atoms with Crippen LogP contribution in [0.4, 0.5) is 0 Å². The van der Waals surface area contributed by atoms with Crippen molar-refractivity contribution in [3.05, 3.63) is 29.8 Å². The Bertz CT molecular complexity index is 458. The van der Waals surface area contributed by atoms with Gasteiger partial charge in [-0.1, -0.05) is 32.0 Å². The summed E-state index contributed by atoms with van der Waals surface area (Å²) >= 11 is 0. The van der Waals surface area contributed by atoms with Crippen molar-refractivity contribution >= 4 is 0 Å². The van der Waals surface area contributed by atoms with Crippen molar-refractivity contribution in [1.82, 2.24) is 5.32 Å².